The lowest BCUT2D eigenvalue weighted by Gasteiger charge is -2.44. The highest BCUT2D eigenvalue weighted by Crippen LogP contribution is 2.37. The highest BCUT2D eigenvalue weighted by Gasteiger charge is 2.52. The normalized spacial score (nSPS) is 13.4. The van der Waals surface area contributed by atoms with Crippen LogP contribution in [0, 0.1) is 0 Å². The first kappa shape index (κ1) is 19.4. The Morgan fingerprint density at radius 2 is 1.44 bits per heavy atom. The third-order valence-electron chi connectivity index (χ3n) is 4.56. The quantitative estimate of drug-likeness (QED) is 0.767. The van der Waals surface area contributed by atoms with E-state index in [4.69, 9.17) is 4.43 Å². The molecule has 25 heavy (non-hydrogen) atoms. The third kappa shape index (κ3) is 4.02. The highest BCUT2D eigenvalue weighted by atomic mass is 28.4. The van der Waals surface area contributed by atoms with Gasteiger partial charge in [0.2, 0.25) is 0 Å². The summed E-state index contributed by atoms with van der Waals surface area (Å²) < 4.78 is 6.62. The van der Waals surface area contributed by atoms with Crippen LogP contribution in [0.25, 0.3) is 0 Å². The molecule has 2 aromatic rings. The largest absolute Gasteiger partial charge is 0.479 e. The van der Waals surface area contributed by atoms with Crippen molar-refractivity contribution in [1.29, 1.82) is 0 Å². The van der Waals surface area contributed by atoms with Crippen molar-refractivity contribution in [2.45, 2.75) is 51.7 Å². The van der Waals surface area contributed by atoms with Crippen molar-refractivity contribution < 1.29 is 14.3 Å². The molecule has 4 heteroatoms. The molecule has 3 nitrogen and oxygen atoms in total. The van der Waals surface area contributed by atoms with Crippen LogP contribution < -0.4 is 10.4 Å². The van der Waals surface area contributed by atoms with Crippen molar-refractivity contribution in [1.82, 2.24) is 0 Å². The summed E-state index contributed by atoms with van der Waals surface area (Å²) in [5, 5.41) is 11.7. The second kappa shape index (κ2) is 7.98. The van der Waals surface area contributed by atoms with Gasteiger partial charge in [-0.05, 0) is 21.8 Å². The molecular weight excluding hydrogens is 328 g/mol. The standard InChI is InChI=1S/C21H28O3Si/c1-5-12-19(20(22)23)24-25(21(2,3)4,17-13-8-6-9-14-17)18-15-10-7-11-16-18/h6-11,13-16,19H,5,12H2,1-4H3,(H,22,23)/t19-/m1/s1. The number of hydrogen-bond acceptors (Lipinski definition) is 2. The lowest BCUT2D eigenvalue weighted by Crippen LogP contribution is -2.68. The molecule has 0 saturated heterocycles. The van der Waals surface area contributed by atoms with Gasteiger partial charge in [-0.15, -0.1) is 0 Å². The number of carboxylic acids is 1. The number of carbonyl (C=O) groups is 1. The minimum atomic E-state index is -2.79. The predicted molar refractivity (Wildman–Crippen MR) is 105 cm³/mol. The van der Waals surface area contributed by atoms with E-state index in [9.17, 15) is 9.90 Å². The summed E-state index contributed by atoms with van der Waals surface area (Å²) in [5.74, 6) is -0.880. The summed E-state index contributed by atoms with van der Waals surface area (Å²) in [4.78, 5) is 11.9. The topological polar surface area (TPSA) is 46.5 Å². The molecule has 0 aromatic heterocycles. The summed E-state index contributed by atoms with van der Waals surface area (Å²) in [5.41, 5.74) is 0. The van der Waals surface area contributed by atoms with Crippen molar-refractivity contribution in [2.24, 2.45) is 0 Å². The smallest absolute Gasteiger partial charge is 0.331 e. The zero-order valence-electron chi connectivity index (χ0n) is 15.5. The van der Waals surface area contributed by atoms with Crippen LogP contribution in [0.4, 0.5) is 0 Å². The molecule has 0 aliphatic carbocycles. The minimum Gasteiger partial charge on any atom is -0.479 e. The fourth-order valence-electron chi connectivity index (χ4n) is 3.40. The van der Waals surface area contributed by atoms with Gasteiger partial charge >= 0.3 is 5.97 Å². The predicted octanol–water partition coefficient (Wildman–Crippen LogP) is 3.82. The van der Waals surface area contributed by atoms with E-state index in [0.29, 0.717) is 6.42 Å². The molecule has 0 aliphatic rings. The van der Waals surface area contributed by atoms with Gasteiger partial charge in [0.05, 0.1) is 0 Å². The van der Waals surface area contributed by atoms with Gasteiger partial charge < -0.3 is 9.53 Å². The molecule has 2 rings (SSSR count). The first-order valence-corrected chi connectivity index (χ1v) is 10.8. The second-order valence-corrected chi connectivity index (χ2v) is 11.6. The van der Waals surface area contributed by atoms with E-state index < -0.39 is 20.4 Å². The Kier molecular flexibility index (Phi) is 6.19. The van der Waals surface area contributed by atoms with E-state index in [-0.39, 0.29) is 5.04 Å². The summed E-state index contributed by atoms with van der Waals surface area (Å²) in [7, 11) is -2.79. The Labute approximate surface area is 151 Å². The first-order chi connectivity index (χ1) is 11.8. The Balaban J connectivity index is 2.70. The number of benzene rings is 2. The van der Waals surface area contributed by atoms with Crippen LogP contribution in [-0.2, 0) is 9.22 Å². The second-order valence-electron chi connectivity index (χ2n) is 7.40. The Morgan fingerprint density at radius 3 is 1.76 bits per heavy atom. The van der Waals surface area contributed by atoms with Gasteiger partial charge in [-0.2, -0.15) is 0 Å². The van der Waals surface area contributed by atoms with Crippen LogP contribution in [0.1, 0.15) is 40.5 Å². The van der Waals surface area contributed by atoms with E-state index >= 15 is 0 Å². The van der Waals surface area contributed by atoms with Gasteiger partial charge in [-0.3, -0.25) is 0 Å². The van der Waals surface area contributed by atoms with Gasteiger partial charge in [-0.25, -0.2) is 4.79 Å². The van der Waals surface area contributed by atoms with Crippen molar-refractivity contribution in [3.05, 3.63) is 60.7 Å². The summed E-state index contributed by atoms with van der Waals surface area (Å²) in [6.07, 6.45) is 0.492. The van der Waals surface area contributed by atoms with Crippen molar-refractivity contribution in [3.63, 3.8) is 0 Å². The third-order valence-corrected chi connectivity index (χ3v) is 9.61. The molecule has 0 aliphatic heterocycles. The summed E-state index contributed by atoms with van der Waals surface area (Å²) >= 11 is 0. The molecular formula is C21H28O3Si. The zero-order valence-corrected chi connectivity index (χ0v) is 16.5. The molecule has 0 radical (unpaired) electrons. The van der Waals surface area contributed by atoms with Gasteiger partial charge in [0, 0.05) is 0 Å². The number of rotatable bonds is 7. The van der Waals surface area contributed by atoms with Crippen LogP contribution in [0.2, 0.25) is 5.04 Å². The molecule has 1 N–H and O–H groups in total. The van der Waals surface area contributed by atoms with E-state index in [1.54, 1.807) is 0 Å². The van der Waals surface area contributed by atoms with Crippen molar-refractivity contribution in [2.75, 3.05) is 0 Å². The summed E-state index contributed by atoms with van der Waals surface area (Å²) in [6.45, 7) is 8.46. The Morgan fingerprint density at radius 1 is 1.00 bits per heavy atom. The zero-order chi connectivity index (χ0) is 18.5. The highest BCUT2D eigenvalue weighted by molar-refractivity contribution is 6.99. The number of carboxylic acid groups (broad SMARTS) is 1. The fourth-order valence-corrected chi connectivity index (χ4v) is 8.06. The molecule has 0 unspecified atom stereocenters. The molecule has 0 amide bonds. The Bertz CT molecular complexity index is 638. The molecule has 0 heterocycles. The molecule has 0 spiro atoms. The van der Waals surface area contributed by atoms with Gasteiger partial charge in [0.1, 0.15) is 6.10 Å². The van der Waals surface area contributed by atoms with Crippen LogP contribution in [-0.4, -0.2) is 25.5 Å². The van der Waals surface area contributed by atoms with Crippen LogP contribution >= 0.6 is 0 Å². The maximum atomic E-state index is 11.9. The van der Waals surface area contributed by atoms with Gasteiger partial charge in [0.15, 0.2) is 0 Å². The average Bonchev–Trinajstić information content (AvgIpc) is 2.59. The van der Waals surface area contributed by atoms with E-state index in [1.165, 1.54) is 0 Å². The summed E-state index contributed by atoms with van der Waals surface area (Å²) in [6, 6.07) is 20.3. The molecule has 0 fully saturated rings. The Hall–Kier alpha value is -1.91. The molecule has 2 aromatic carbocycles. The molecule has 134 valence electrons. The van der Waals surface area contributed by atoms with Gasteiger partial charge in [0.25, 0.3) is 8.32 Å². The molecule has 1 atom stereocenters. The number of aliphatic carboxylic acids is 1. The molecule has 0 bridgehead atoms. The van der Waals surface area contributed by atoms with Crippen molar-refractivity contribution >= 4 is 24.7 Å². The fraction of sp³-hybridized carbons (Fsp3) is 0.381. The number of hydrogen-bond donors (Lipinski definition) is 1. The molecule has 0 saturated carbocycles. The minimum absolute atomic E-state index is 0.211. The average molecular weight is 357 g/mol. The van der Waals surface area contributed by atoms with E-state index in [1.807, 2.05) is 43.3 Å². The lowest BCUT2D eigenvalue weighted by molar-refractivity contribution is -0.145. The van der Waals surface area contributed by atoms with Crippen LogP contribution in [0.15, 0.2) is 60.7 Å². The van der Waals surface area contributed by atoms with Crippen molar-refractivity contribution in [3.8, 4) is 0 Å². The van der Waals surface area contributed by atoms with Crippen LogP contribution in [0.3, 0.4) is 0 Å². The maximum absolute atomic E-state index is 11.9. The van der Waals surface area contributed by atoms with Crippen LogP contribution in [0.5, 0.6) is 0 Å². The SMILES string of the molecule is CCC[C@@H](O[Si](c1ccccc1)(c1ccccc1)C(C)(C)C)C(=O)O. The van der Waals surface area contributed by atoms with E-state index in [0.717, 1.165) is 16.8 Å². The first-order valence-electron chi connectivity index (χ1n) is 8.84. The maximum Gasteiger partial charge on any atom is 0.331 e. The van der Waals surface area contributed by atoms with Gasteiger partial charge in [-0.1, -0.05) is 94.8 Å². The lowest BCUT2D eigenvalue weighted by atomic mass is 10.2. The monoisotopic (exact) mass is 356 g/mol. The van der Waals surface area contributed by atoms with E-state index in [2.05, 4.69) is 45.0 Å².